The Morgan fingerprint density at radius 2 is 1.83 bits per heavy atom. The van der Waals surface area contributed by atoms with Crippen LogP contribution in [0.1, 0.15) is 26.3 Å². The summed E-state index contributed by atoms with van der Waals surface area (Å²) in [5.41, 5.74) is 6.97. The van der Waals surface area contributed by atoms with Crippen molar-refractivity contribution in [1.82, 2.24) is 0 Å². The fraction of sp³-hybridized carbons (Fsp3) is 0.118. The predicted octanol–water partition coefficient (Wildman–Crippen LogP) is 1.89. The summed E-state index contributed by atoms with van der Waals surface area (Å²) in [7, 11) is 0. The van der Waals surface area contributed by atoms with Crippen LogP contribution in [0.2, 0.25) is 0 Å². The summed E-state index contributed by atoms with van der Waals surface area (Å²) in [4.78, 5) is 35.0. The second-order valence-corrected chi connectivity index (χ2v) is 4.90. The number of hydrogen-bond donors (Lipinski definition) is 2. The molecule has 6 heteroatoms. The molecule has 0 unspecified atom stereocenters. The lowest BCUT2D eigenvalue weighted by Crippen LogP contribution is -2.23. The molecule has 0 saturated heterocycles. The Morgan fingerprint density at radius 3 is 2.52 bits per heavy atom. The van der Waals surface area contributed by atoms with Crippen LogP contribution in [0.4, 0.5) is 5.69 Å². The maximum absolute atomic E-state index is 11.9. The van der Waals surface area contributed by atoms with Crippen molar-refractivity contribution in [3.8, 4) is 0 Å². The standard InChI is InChI=1S/C17H16N2O4/c1-11-5-4-6-12(9-11)17(22)23-10-15(20)19-14-8-3-2-7-13(14)16(18)21/h2-9H,10H2,1H3,(H2,18,21)(H,19,20). The first-order valence-electron chi connectivity index (χ1n) is 6.90. The Balaban J connectivity index is 1.96. The lowest BCUT2D eigenvalue weighted by atomic mass is 10.1. The van der Waals surface area contributed by atoms with Gasteiger partial charge in [-0.2, -0.15) is 0 Å². The topological polar surface area (TPSA) is 98.5 Å². The van der Waals surface area contributed by atoms with Gasteiger partial charge in [0.2, 0.25) is 0 Å². The highest BCUT2D eigenvalue weighted by molar-refractivity contribution is 6.03. The second-order valence-electron chi connectivity index (χ2n) is 4.90. The molecule has 0 aliphatic heterocycles. The van der Waals surface area contributed by atoms with E-state index in [1.165, 1.54) is 6.07 Å². The van der Waals surface area contributed by atoms with Gasteiger partial charge < -0.3 is 15.8 Å². The van der Waals surface area contributed by atoms with Crippen molar-refractivity contribution in [2.24, 2.45) is 5.73 Å². The third-order valence-electron chi connectivity index (χ3n) is 3.05. The van der Waals surface area contributed by atoms with E-state index in [-0.39, 0.29) is 11.3 Å². The Kier molecular flexibility index (Phi) is 5.09. The molecule has 0 aliphatic carbocycles. The first-order valence-corrected chi connectivity index (χ1v) is 6.90. The van der Waals surface area contributed by atoms with E-state index in [1.54, 1.807) is 36.4 Å². The lowest BCUT2D eigenvalue weighted by Gasteiger charge is -2.09. The number of ether oxygens (including phenoxy) is 1. The molecule has 6 nitrogen and oxygen atoms in total. The molecule has 118 valence electrons. The van der Waals surface area contributed by atoms with Gasteiger partial charge in [0.25, 0.3) is 11.8 Å². The van der Waals surface area contributed by atoms with Gasteiger partial charge in [-0.05, 0) is 31.2 Å². The van der Waals surface area contributed by atoms with E-state index >= 15 is 0 Å². The molecule has 0 bridgehead atoms. The number of anilines is 1. The van der Waals surface area contributed by atoms with Crippen molar-refractivity contribution >= 4 is 23.5 Å². The highest BCUT2D eigenvalue weighted by atomic mass is 16.5. The molecule has 0 radical (unpaired) electrons. The quantitative estimate of drug-likeness (QED) is 0.824. The minimum absolute atomic E-state index is 0.186. The van der Waals surface area contributed by atoms with Gasteiger partial charge in [-0.3, -0.25) is 9.59 Å². The monoisotopic (exact) mass is 312 g/mol. The number of carbonyl (C=O) groups excluding carboxylic acids is 3. The second kappa shape index (κ2) is 7.22. The summed E-state index contributed by atoms with van der Waals surface area (Å²) in [6.07, 6.45) is 0. The number of rotatable bonds is 5. The van der Waals surface area contributed by atoms with Gasteiger partial charge >= 0.3 is 5.97 Å². The smallest absolute Gasteiger partial charge is 0.338 e. The van der Waals surface area contributed by atoms with Gasteiger partial charge in [-0.15, -0.1) is 0 Å². The molecular weight excluding hydrogens is 296 g/mol. The Labute approximate surface area is 133 Å². The number of para-hydroxylation sites is 1. The van der Waals surface area contributed by atoms with Crippen LogP contribution in [0, 0.1) is 6.92 Å². The molecule has 0 atom stereocenters. The maximum atomic E-state index is 11.9. The van der Waals surface area contributed by atoms with Crippen LogP contribution < -0.4 is 11.1 Å². The van der Waals surface area contributed by atoms with E-state index in [0.717, 1.165) is 5.56 Å². The Bertz CT molecular complexity index is 756. The zero-order valence-corrected chi connectivity index (χ0v) is 12.5. The number of carbonyl (C=O) groups is 3. The lowest BCUT2D eigenvalue weighted by molar-refractivity contribution is -0.119. The van der Waals surface area contributed by atoms with E-state index in [4.69, 9.17) is 10.5 Å². The van der Waals surface area contributed by atoms with E-state index in [1.807, 2.05) is 13.0 Å². The minimum atomic E-state index is -0.655. The fourth-order valence-corrected chi connectivity index (χ4v) is 1.98. The number of nitrogens with two attached hydrogens (primary N) is 1. The van der Waals surface area contributed by atoms with Gasteiger partial charge in [-0.25, -0.2) is 4.79 Å². The number of hydrogen-bond acceptors (Lipinski definition) is 4. The van der Waals surface area contributed by atoms with E-state index < -0.39 is 24.4 Å². The molecule has 2 aromatic rings. The first-order chi connectivity index (χ1) is 11.0. The molecule has 23 heavy (non-hydrogen) atoms. The number of benzene rings is 2. The number of aryl methyl sites for hydroxylation is 1. The molecule has 2 amide bonds. The van der Waals surface area contributed by atoms with Crippen molar-refractivity contribution in [1.29, 1.82) is 0 Å². The summed E-state index contributed by atoms with van der Waals surface area (Å²) in [6.45, 7) is 1.39. The van der Waals surface area contributed by atoms with Crippen LogP contribution in [-0.2, 0) is 9.53 Å². The zero-order chi connectivity index (χ0) is 16.8. The van der Waals surface area contributed by atoms with Crippen molar-refractivity contribution in [3.05, 3.63) is 65.2 Å². The van der Waals surface area contributed by atoms with Crippen LogP contribution in [0.15, 0.2) is 48.5 Å². The predicted molar refractivity (Wildman–Crippen MR) is 85.1 cm³/mol. The largest absolute Gasteiger partial charge is 0.452 e. The minimum Gasteiger partial charge on any atom is -0.452 e. The molecule has 0 aromatic heterocycles. The summed E-state index contributed by atoms with van der Waals surface area (Å²) in [5, 5.41) is 2.49. The third-order valence-corrected chi connectivity index (χ3v) is 3.05. The first kappa shape index (κ1) is 16.2. The van der Waals surface area contributed by atoms with Crippen LogP contribution in [0.25, 0.3) is 0 Å². The SMILES string of the molecule is Cc1cccc(C(=O)OCC(=O)Nc2ccccc2C(N)=O)c1. The van der Waals surface area contributed by atoms with Crippen LogP contribution in [0.3, 0.4) is 0 Å². The number of amides is 2. The van der Waals surface area contributed by atoms with Gasteiger partial charge in [0.15, 0.2) is 6.61 Å². The summed E-state index contributed by atoms with van der Waals surface area (Å²) >= 11 is 0. The van der Waals surface area contributed by atoms with Gasteiger partial charge in [0.1, 0.15) is 0 Å². The Hall–Kier alpha value is -3.15. The molecule has 0 saturated carbocycles. The molecule has 0 spiro atoms. The Morgan fingerprint density at radius 1 is 1.09 bits per heavy atom. The number of esters is 1. The average molecular weight is 312 g/mol. The summed E-state index contributed by atoms with van der Waals surface area (Å²) < 4.78 is 4.95. The van der Waals surface area contributed by atoms with Crippen molar-refractivity contribution < 1.29 is 19.1 Å². The highest BCUT2D eigenvalue weighted by Crippen LogP contribution is 2.14. The normalized spacial score (nSPS) is 9.96. The summed E-state index contributed by atoms with van der Waals surface area (Å²) in [6, 6.07) is 13.2. The molecule has 2 aromatic carbocycles. The molecule has 3 N–H and O–H groups in total. The fourth-order valence-electron chi connectivity index (χ4n) is 1.98. The zero-order valence-electron chi connectivity index (χ0n) is 12.5. The van der Waals surface area contributed by atoms with Crippen molar-refractivity contribution in [2.45, 2.75) is 6.92 Å². The van der Waals surface area contributed by atoms with Crippen LogP contribution in [0.5, 0.6) is 0 Å². The third kappa shape index (κ3) is 4.41. The molecular formula is C17H16N2O4. The van der Waals surface area contributed by atoms with Gasteiger partial charge in [-0.1, -0.05) is 29.8 Å². The number of nitrogens with one attached hydrogen (secondary N) is 1. The summed E-state index contributed by atoms with van der Waals surface area (Å²) in [5.74, 6) is -1.80. The molecule has 0 heterocycles. The molecule has 0 fully saturated rings. The van der Waals surface area contributed by atoms with Crippen LogP contribution in [-0.4, -0.2) is 24.4 Å². The van der Waals surface area contributed by atoms with E-state index in [0.29, 0.717) is 5.56 Å². The van der Waals surface area contributed by atoms with Gasteiger partial charge in [0.05, 0.1) is 16.8 Å². The van der Waals surface area contributed by atoms with E-state index in [2.05, 4.69) is 5.32 Å². The van der Waals surface area contributed by atoms with E-state index in [9.17, 15) is 14.4 Å². The van der Waals surface area contributed by atoms with Crippen molar-refractivity contribution in [2.75, 3.05) is 11.9 Å². The highest BCUT2D eigenvalue weighted by Gasteiger charge is 2.13. The maximum Gasteiger partial charge on any atom is 0.338 e. The molecule has 0 aliphatic rings. The van der Waals surface area contributed by atoms with Crippen LogP contribution >= 0.6 is 0 Å². The van der Waals surface area contributed by atoms with Crippen molar-refractivity contribution in [3.63, 3.8) is 0 Å². The number of primary amides is 1. The average Bonchev–Trinajstić information content (AvgIpc) is 2.53. The molecule has 2 rings (SSSR count). The van der Waals surface area contributed by atoms with Gasteiger partial charge in [0, 0.05) is 0 Å².